The van der Waals surface area contributed by atoms with Crippen LogP contribution in [0.3, 0.4) is 0 Å². The SMILES string of the molecule is Cc1nocc1C(=O)N1CCCC2(CCCN2S(C)(=O)=O)C1. The molecule has 2 aliphatic rings. The monoisotopic (exact) mass is 327 g/mol. The fraction of sp³-hybridized carbons (Fsp3) is 0.714. The van der Waals surface area contributed by atoms with Crippen LogP contribution in [0.1, 0.15) is 41.7 Å². The number of aromatic nitrogens is 1. The van der Waals surface area contributed by atoms with Crippen molar-refractivity contribution < 1.29 is 17.7 Å². The van der Waals surface area contributed by atoms with Gasteiger partial charge in [-0.15, -0.1) is 0 Å². The van der Waals surface area contributed by atoms with Crippen LogP contribution < -0.4 is 0 Å². The van der Waals surface area contributed by atoms with Crippen LogP contribution in [0.15, 0.2) is 10.8 Å². The Kier molecular flexibility index (Phi) is 3.76. The van der Waals surface area contributed by atoms with Gasteiger partial charge >= 0.3 is 0 Å². The van der Waals surface area contributed by atoms with E-state index in [0.29, 0.717) is 30.9 Å². The Morgan fingerprint density at radius 1 is 1.32 bits per heavy atom. The van der Waals surface area contributed by atoms with Gasteiger partial charge < -0.3 is 9.42 Å². The molecule has 22 heavy (non-hydrogen) atoms. The van der Waals surface area contributed by atoms with E-state index in [-0.39, 0.29) is 5.91 Å². The first kappa shape index (κ1) is 15.5. The topological polar surface area (TPSA) is 83.7 Å². The van der Waals surface area contributed by atoms with E-state index in [9.17, 15) is 13.2 Å². The summed E-state index contributed by atoms with van der Waals surface area (Å²) < 4.78 is 30.6. The van der Waals surface area contributed by atoms with Gasteiger partial charge in [0.15, 0.2) is 0 Å². The Morgan fingerprint density at radius 2 is 2.00 bits per heavy atom. The molecule has 2 aliphatic heterocycles. The first-order chi connectivity index (χ1) is 10.3. The fourth-order valence-corrected chi connectivity index (χ4v) is 5.20. The first-order valence-corrected chi connectivity index (χ1v) is 9.36. The third-order valence-corrected chi connectivity index (χ3v) is 6.13. The number of amides is 1. The van der Waals surface area contributed by atoms with Gasteiger partial charge in [0.1, 0.15) is 11.8 Å². The molecule has 0 N–H and O–H groups in total. The largest absolute Gasteiger partial charge is 0.364 e. The Morgan fingerprint density at radius 3 is 2.59 bits per heavy atom. The van der Waals surface area contributed by atoms with Crippen molar-refractivity contribution in [1.29, 1.82) is 0 Å². The molecule has 1 spiro atoms. The summed E-state index contributed by atoms with van der Waals surface area (Å²) in [4.78, 5) is 14.4. The molecule has 2 fully saturated rings. The zero-order chi connectivity index (χ0) is 16.0. The predicted octanol–water partition coefficient (Wildman–Crippen LogP) is 1.01. The summed E-state index contributed by atoms with van der Waals surface area (Å²) in [5.74, 6) is -0.127. The summed E-state index contributed by atoms with van der Waals surface area (Å²) >= 11 is 0. The number of nitrogens with zero attached hydrogens (tertiary/aromatic N) is 3. The van der Waals surface area contributed by atoms with E-state index in [1.807, 2.05) is 0 Å². The van der Waals surface area contributed by atoms with Gasteiger partial charge in [-0.3, -0.25) is 4.79 Å². The highest BCUT2D eigenvalue weighted by atomic mass is 32.2. The molecule has 7 nitrogen and oxygen atoms in total. The Hall–Kier alpha value is -1.41. The number of sulfonamides is 1. The molecule has 0 bridgehead atoms. The third kappa shape index (κ3) is 2.54. The number of hydrogen-bond donors (Lipinski definition) is 0. The molecule has 3 heterocycles. The number of likely N-dealkylation sites (tertiary alicyclic amines) is 1. The maximum absolute atomic E-state index is 12.6. The lowest BCUT2D eigenvalue weighted by molar-refractivity contribution is 0.0523. The molecule has 1 aromatic heterocycles. The van der Waals surface area contributed by atoms with E-state index in [2.05, 4.69) is 5.16 Å². The van der Waals surface area contributed by atoms with Crippen LogP contribution in [0, 0.1) is 6.92 Å². The molecule has 1 unspecified atom stereocenters. The average Bonchev–Trinajstić information content (AvgIpc) is 3.04. The molecule has 0 aliphatic carbocycles. The van der Waals surface area contributed by atoms with E-state index in [4.69, 9.17) is 4.52 Å². The van der Waals surface area contributed by atoms with Crippen molar-refractivity contribution in [3.63, 3.8) is 0 Å². The second-order valence-electron chi connectivity index (χ2n) is 6.31. The van der Waals surface area contributed by atoms with Gasteiger partial charge in [-0.1, -0.05) is 5.16 Å². The second kappa shape index (κ2) is 5.34. The van der Waals surface area contributed by atoms with E-state index in [0.717, 1.165) is 25.7 Å². The third-order valence-electron chi connectivity index (χ3n) is 4.76. The Labute approximate surface area is 130 Å². The van der Waals surface area contributed by atoms with Gasteiger partial charge in [0, 0.05) is 19.6 Å². The molecular formula is C14H21N3O4S. The summed E-state index contributed by atoms with van der Waals surface area (Å²) in [5.41, 5.74) is 0.587. The highest BCUT2D eigenvalue weighted by Gasteiger charge is 2.48. The quantitative estimate of drug-likeness (QED) is 0.809. The highest BCUT2D eigenvalue weighted by Crippen LogP contribution is 2.39. The molecule has 2 saturated heterocycles. The number of carbonyl (C=O) groups is 1. The molecule has 1 aromatic rings. The smallest absolute Gasteiger partial charge is 0.259 e. The van der Waals surface area contributed by atoms with Crippen molar-refractivity contribution in [3.8, 4) is 0 Å². The minimum absolute atomic E-state index is 0.127. The van der Waals surface area contributed by atoms with Crippen molar-refractivity contribution in [3.05, 3.63) is 17.5 Å². The predicted molar refractivity (Wildman–Crippen MR) is 79.9 cm³/mol. The van der Waals surface area contributed by atoms with Gasteiger partial charge in [-0.25, -0.2) is 8.42 Å². The zero-order valence-corrected chi connectivity index (χ0v) is 13.7. The minimum atomic E-state index is -3.26. The minimum Gasteiger partial charge on any atom is -0.364 e. The molecular weight excluding hydrogens is 306 g/mol. The van der Waals surface area contributed by atoms with Crippen LogP contribution in [-0.4, -0.2) is 60.1 Å². The van der Waals surface area contributed by atoms with E-state index < -0.39 is 15.6 Å². The molecule has 3 rings (SSSR count). The lowest BCUT2D eigenvalue weighted by atomic mass is 9.87. The van der Waals surface area contributed by atoms with Crippen molar-refractivity contribution >= 4 is 15.9 Å². The Balaban J connectivity index is 1.85. The molecule has 0 radical (unpaired) electrons. The molecule has 1 amide bonds. The molecule has 0 aromatic carbocycles. The van der Waals surface area contributed by atoms with Crippen molar-refractivity contribution in [1.82, 2.24) is 14.4 Å². The lowest BCUT2D eigenvalue weighted by Gasteiger charge is -2.44. The molecule has 122 valence electrons. The molecule has 8 heteroatoms. The summed E-state index contributed by atoms with van der Waals surface area (Å²) in [7, 11) is -3.26. The number of piperidine rings is 1. The summed E-state index contributed by atoms with van der Waals surface area (Å²) in [6, 6.07) is 0. The van der Waals surface area contributed by atoms with Gasteiger partial charge in [-0.2, -0.15) is 4.31 Å². The van der Waals surface area contributed by atoms with Crippen LogP contribution in [0.4, 0.5) is 0 Å². The van der Waals surface area contributed by atoms with Crippen LogP contribution in [-0.2, 0) is 10.0 Å². The van der Waals surface area contributed by atoms with Crippen molar-refractivity contribution in [2.24, 2.45) is 0 Å². The Bertz CT molecular complexity index is 684. The average molecular weight is 327 g/mol. The van der Waals surface area contributed by atoms with E-state index in [1.165, 1.54) is 12.5 Å². The summed E-state index contributed by atoms with van der Waals surface area (Å²) in [6.45, 7) is 3.37. The summed E-state index contributed by atoms with van der Waals surface area (Å²) in [5, 5.41) is 3.75. The van der Waals surface area contributed by atoms with Crippen LogP contribution in [0.2, 0.25) is 0 Å². The van der Waals surface area contributed by atoms with E-state index >= 15 is 0 Å². The van der Waals surface area contributed by atoms with Crippen LogP contribution >= 0.6 is 0 Å². The molecule has 0 saturated carbocycles. The number of hydrogen-bond acceptors (Lipinski definition) is 5. The van der Waals surface area contributed by atoms with Gasteiger partial charge in [0.25, 0.3) is 5.91 Å². The van der Waals surface area contributed by atoms with Crippen LogP contribution in [0.5, 0.6) is 0 Å². The van der Waals surface area contributed by atoms with E-state index in [1.54, 1.807) is 16.1 Å². The normalized spacial score (nSPS) is 26.7. The second-order valence-corrected chi connectivity index (χ2v) is 8.21. The first-order valence-electron chi connectivity index (χ1n) is 7.52. The van der Waals surface area contributed by atoms with Gasteiger partial charge in [-0.05, 0) is 32.6 Å². The van der Waals surface area contributed by atoms with Crippen molar-refractivity contribution in [2.45, 2.75) is 38.1 Å². The van der Waals surface area contributed by atoms with Gasteiger partial charge in [0.05, 0.1) is 17.5 Å². The number of rotatable bonds is 2. The zero-order valence-electron chi connectivity index (χ0n) is 12.9. The molecule has 1 atom stereocenters. The fourth-order valence-electron chi connectivity index (χ4n) is 3.79. The van der Waals surface area contributed by atoms with Crippen molar-refractivity contribution in [2.75, 3.05) is 25.9 Å². The number of carbonyl (C=O) groups excluding carboxylic acids is 1. The summed E-state index contributed by atoms with van der Waals surface area (Å²) in [6.07, 6.45) is 5.90. The highest BCUT2D eigenvalue weighted by molar-refractivity contribution is 7.88. The van der Waals surface area contributed by atoms with Crippen LogP contribution in [0.25, 0.3) is 0 Å². The lowest BCUT2D eigenvalue weighted by Crippen LogP contribution is -2.58. The maximum atomic E-state index is 12.6. The maximum Gasteiger partial charge on any atom is 0.259 e. The number of aryl methyl sites for hydroxylation is 1. The van der Waals surface area contributed by atoms with Gasteiger partial charge in [0.2, 0.25) is 10.0 Å². The standard InChI is InChI=1S/C14H21N3O4S/c1-11-12(9-21-15-11)13(18)16-7-3-5-14(10-16)6-4-8-17(14)22(2,19)20/h9H,3-8,10H2,1-2H3.